The van der Waals surface area contributed by atoms with Crippen LogP contribution in [0.15, 0.2) is 0 Å². The molecule has 0 atom stereocenters. The van der Waals surface area contributed by atoms with Gasteiger partial charge in [-0.3, -0.25) is 4.21 Å². The zero-order valence-electron chi connectivity index (χ0n) is 6.13. The van der Waals surface area contributed by atoms with Crippen molar-refractivity contribution in [3.05, 3.63) is 0 Å². The zero-order chi connectivity index (χ0) is 8.58. The van der Waals surface area contributed by atoms with Crippen molar-refractivity contribution in [3.8, 4) is 0 Å². The third kappa shape index (κ3) is 2.72. The van der Waals surface area contributed by atoms with Crippen LogP contribution in [0.3, 0.4) is 0 Å². The monoisotopic (exact) mass is 166 g/mol. The van der Waals surface area contributed by atoms with Gasteiger partial charge in [0.25, 0.3) is 0 Å². The fourth-order valence-electron chi connectivity index (χ4n) is 0.474. The Hall–Kier alpha value is -0.0100. The molecule has 0 saturated carbocycles. The molecule has 0 heterocycles. The van der Waals surface area contributed by atoms with Gasteiger partial charge in [-0.1, -0.05) is 0 Å². The van der Waals surface area contributed by atoms with Gasteiger partial charge in [-0.15, -0.1) is 0 Å². The van der Waals surface area contributed by atoms with E-state index in [1.54, 1.807) is 0 Å². The van der Waals surface area contributed by atoms with Crippen molar-refractivity contribution in [1.29, 1.82) is 0 Å². The van der Waals surface area contributed by atoms with Gasteiger partial charge in [-0.2, -0.15) is 0 Å². The highest BCUT2D eigenvalue weighted by atomic mass is 32.2. The minimum Gasteiger partial charge on any atom is -0.303 e. The standard InChI is InChI=1S/C4H14N4OS/c1-3(5,6)10(9)4(2,7)8/h5-8H2,1-2H3. The summed E-state index contributed by atoms with van der Waals surface area (Å²) in [5.74, 6) is 0. The summed E-state index contributed by atoms with van der Waals surface area (Å²) >= 11 is 0. The average Bonchev–Trinajstić information content (AvgIpc) is 1.59. The van der Waals surface area contributed by atoms with Gasteiger partial charge in [0.15, 0.2) is 0 Å². The molecule has 6 heteroatoms. The van der Waals surface area contributed by atoms with Crippen molar-refractivity contribution in [3.63, 3.8) is 0 Å². The van der Waals surface area contributed by atoms with Gasteiger partial charge in [0.05, 0.1) is 10.8 Å². The van der Waals surface area contributed by atoms with Crippen LogP contribution in [0.25, 0.3) is 0 Å². The summed E-state index contributed by atoms with van der Waals surface area (Å²) in [4.78, 5) is -2.67. The molecule has 0 spiro atoms. The summed E-state index contributed by atoms with van der Waals surface area (Å²) in [6, 6.07) is 0. The highest BCUT2D eigenvalue weighted by molar-refractivity contribution is 7.87. The van der Waals surface area contributed by atoms with E-state index in [0.717, 1.165) is 0 Å². The first-order valence-electron chi connectivity index (χ1n) is 2.73. The van der Waals surface area contributed by atoms with E-state index in [-0.39, 0.29) is 0 Å². The van der Waals surface area contributed by atoms with Gasteiger partial charge in [-0.05, 0) is 13.8 Å². The van der Waals surface area contributed by atoms with Crippen LogP contribution in [-0.4, -0.2) is 14.2 Å². The lowest BCUT2D eigenvalue weighted by Gasteiger charge is -2.27. The first-order chi connectivity index (χ1) is 4.15. The van der Waals surface area contributed by atoms with E-state index in [1.165, 1.54) is 13.8 Å². The van der Waals surface area contributed by atoms with Crippen LogP contribution in [0.2, 0.25) is 0 Å². The zero-order valence-corrected chi connectivity index (χ0v) is 6.94. The average molecular weight is 166 g/mol. The summed E-state index contributed by atoms with van der Waals surface area (Å²) < 4.78 is 11.1. The first-order valence-corrected chi connectivity index (χ1v) is 3.88. The molecule has 0 aromatic carbocycles. The van der Waals surface area contributed by atoms with E-state index in [1.807, 2.05) is 0 Å². The lowest BCUT2D eigenvalue weighted by molar-refractivity contribution is 0.572. The molecule has 8 N–H and O–H groups in total. The summed E-state index contributed by atoms with van der Waals surface area (Å²) in [5, 5.41) is 0. The number of hydrogen-bond acceptors (Lipinski definition) is 5. The third-order valence-corrected chi connectivity index (χ3v) is 2.40. The maximum Gasteiger partial charge on any atom is 0.142 e. The second kappa shape index (κ2) is 2.55. The molecule has 0 radical (unpaired) electrons. The van der Waals surface area contributed by atoms with Gasteiger partial charge in [-0.25, -0.2) is 0 Å². The maximum atomic E-state index is 11.1. The van der Waals surface area contributed by atoms with Crippen molar-refractivity contribution in [1.82, 2.24) is 0 Å². The molecule has 0 aliphatic carbocycles. The Morgan fingerprint density at radius 2 is 1.20 bits per heavy atom. The Morgan fingerprint density at radius 3 is 1.20 bits per heavy atom. The smallest absolute Gasteiger partial charge is 0.142 e. The fourth-order valence-corrected chi connectivity index (χ4v) is 1.42. The van der Waals surface area contributed by atoms with Gasteiger partial charge in [0, 0.05) is 0 Å². The van der Waals surface area contributed by atoms with E-state index in [9.17, 15) is 4.21 Å². The van der Waals surface area contributed by atoms with Crippen molar-refractivity contribution < 1.29 is 4.21 Å². The Labute approximate surface area is 62.6 Å². The molecule has 10 heavy (non-hydrogen) atoms. The van der Waals surface area contributed by atoms with Crippen LogP contribution in [-0.2, 0) is 10.8 Å². The molecule has 0 aliphatic rings. The lowest BCUT2D eigenvalue weighted by atomic mass is 10.6. The Morgan fingerprint density at radius 1 is 1.00 bits per heavy atom. The van der Waals surface area contributed by atoms with E-state index in [4.69, 9.17) is 22.9 Å². The van der Waals surface area contributed by atoms with Crippen molar-refractivity contribution in [2.45, 2.75) is 23.8 Å². The fraction of sp³-hybridized carbons (Fsp3) is 1.00. The summed E-state index contributed by atoms with van der Waals surface area (Å²) in [5.41, 5.74) is 21.1. The van der Waals surface area contributed by atoms with Crippen molar-refractivity contribution in [2.75, 3.05) is 0 Å². The normalized spacial score (nSPS) is 14.3. The molecule has 0 aromatic rings. The SMILES string of the molecule is CC(N)(N)S(=O)C(C)(N)N. The quantitative estimate of drug-likeness (QED) is 0.351. The minimum absolute atomic E-state index is 1.34. The van der Waals surface area contributed by atoms with E-state index in [0.29, 0.717) is 0 Å². The predicted octanol–water partition coefficient (Wildman–Crippen LogP) is -2.08. The number of rotatable bonds is 2. The molecule has 0 bridgehead atoms. The molecule has 0 rings (SSSR count). The van der Waals surface area contributed by atoms with Crippen LogP contribution in [0.1, 0.15) is 13.8 Å². The van der Waals surface area contributed by atoms with E-state index in [2.05, 4.69) is 0 Å². The maximum absolute atomic E-state index is 11.1. The van der Waals surface area contributed by atoms with Gasteiger partial charge < -0.3 is 22.9 Å². The van der Waals surface area contributed by atoms with E-state index >= 15 is 0 Å². The molecular weight excluding hydrogens is 152 g/mol. The highest BCUT2D eigenvalue weighted by Gasteiger charge is 2.32. The van der Waals surface area contributed by atoms with Crippen LogP contribution >= 0.6 is 0 Å². The highest BCUT2D eigenvalue weighted by Crippen LogP contribution is 2.06. The van der Waals surface area contributed by atoms with Gasteiger partial charge >= 0.3 is 0 Å². The van der Waals surface area contributed by atoms with Gasteiger partial charge in [0.1, 0.15) is 9.99 Å². The van der Waals surface area contributed by atoms with E-state index < -0.39 is 20.8 Å². The molecular formula is C4H14N4OS. The third-order valence-electron chi connectivity index (χ3n) is 0.799. The Bertz CT molecular complexity index is 128. The summed E-state index contributed by atoms with van der Waals surface area (Å²) in [7, 11) is -1.64. The Balaban J connectivity index is 4.40. The number of nitrogens with two attached hydrogens (primary N) is 4. The summed E-state index contributed by atoms with van der Waals surface area (Å²) in [6.45, 7) is 2.81. The topological polar surface area (TPSA) is 121 Å². The van der Waals surface area contributed by atoms with Crippen LogP contribution in [0.5, 0.6) is 0 Å². The molecule has 62 valence electrons. The molecule has 0 aliphatic heterocycles. The minimum atomic E-state index is -1.64. The molecule has 5 nitrogen and oxygen atoms in total. The Kier molecular flexibility index (Phi) is 2.55. The summed E-state index contributed by atoms with van der Waals surface area (Å²) in [6.07, 6.45) is 0. The predicted molar refractivity (Wildman–Crippen MR) is 41.7 cm³/mol. The second-order valence-electron chi connectivity index (χ2n) is 2.64. The number of hydrogen-bond donors (Lipinski definition) is 4. The molecule has 0 unspecified atom stereocenters. The molecule has 0 aromatic heterocycles. The molecule has 0 saturated heterocycles. The molecule has 0 fully saturated rings. The van der Waals surface area contributed by atoms with Crippen LogP contribution in [0.4, 0.5) is 0 Å². The van der Waals surface area contributed by atoms with Crippen molar-refractivity contribution in [2.24, 2.45) is 22.9 Å². The largest absolute Gasteiger partial charge is 0.303 e. The van der Waals surface area contributed by atoms with Crippen LogP contribution in [0, 0.1) is 0 Å². The van der Waals surface area contributed by atoms with Gasteiger partial charge in [0.2, 0.25) is 0 Å². The first kappa shape index (κ1) is 9.99. The van der Waals surface area contributed by atoms with Crippen molar-refractivity contribution >= 4 is 10.8 Å². The lowest BCUT2D eigenvalue weighted by Crippen LogP contribution is -2.63. The molecule has 0 amide bonds. The van der Waals surface area contributed by atoms with Crippen LogP contribution < -0.4 is 22.9 Å². The second-order valence-corrected chi connectivity index (χ2v) is 4.93.